The zero-order valence-corrected chi connectivity index (χ0v) is 12.4. The molecule has 7 nitrogen and oxygen atoms in total. The highest BCUT2D eigenvalue weighted by molar-refractivity contribution is 8.00. The number of tetrazole rings is 1. The lowest BCUT2D eigenvalue weighted by molar-refractivity contribution is -0.115. The summed E-state index contributed by atoms with van der Waals surface area (Å²) in [4.78, 5) is 12.1. The van der Waals surface area contributed by atoms with E-state index < -0.39 is 0 Å². The first-order valence-electron chi connectivity index (χ1n) is 5.72. The minimum absolute atomic E-state index is 0.190. The van der Waals surface area contributed by atoms with Crippen molar-refractivity contribution in [3.05, 3.63) is 23.2 Å². The quantitative estimate of drug-likeness (QED) is 0.656. The number of halogens is 1. The highest BCUT2D eigenvalue weighted by Crippen LogP contribution is 2.26. The van der Waals surface area contributed by atoms with Crippen LogP contribution in [0.3, 0.4) is 0 Å². The molecule has 1 atom stereocenters. The molecule has 1 aromatic carbocycles. The Kier molecular flexibility index (Phi) is 4.46. The van der Waals surface area contributed by atoms with Crippen molar-refractivity contribution in [1.29, 1.82) is 0 Å². The standard InChI is InChI=1S/C11H13ClN6OS/c1-6(20-11-15-16-17-18(11)2)10(19)14-9-4-3-7(13)5-8(9)12/h3-6H,13H2,1-2H3,(H,14,19). The molecule has 0 bridgehead atoms. The Hall–Kier alpha value is -1.80. The van der Waals surface area contributed by atoms with Crippen molar-refractivity contribution in [3.63, 3.8) is 0 Å². The first-order chi connectivity index (χ1) is 9.47. The SMILES string of the molecule is CC(Sc1nnnn1C)C(=O)Nc1ccc(N)cc1Cl. The predicted molar refractivity (Wildman–Crippen MR) is 78.6 cm³/mol. The van der Waals surface area contributed by atoms with Gasteiger partial charge in [0.05, 0.1) is 16.0 Å². The number of thioether (sulfide) groups is 1. The Balaban J connectivity index is 2.02. The summed E-state index contributed by atoms with van der Waals surface area (Å²) >= 11 is 7.27. The summed E-state index contributed by atoms with van der Waals surface area (Å²) in [6.45, 7) is 1.76. The fraction of sp³-hybridized carbons (Fsp3) is 0.273. The number of benzene rings is 1. The van der Waals surface area contributed by atoms with Gasteiger partial charge in [-0.15, -0.1) is 5.10 Å². The molecule has 2 aromatic rings. The molecule has 2 rings (SSSR count). The average molecular weight is 313 g/mol. The van der Waals surface area contributed by atoms with Crippen molar-refractivity contribution < 1.29 is 4.79 Å². The van der Waals surface area contributed by atoms with E-state index in [0.717, 1.165) is 0 Å². The van der Waals surface area contributed by atoms with E-state index in [0.29, 0.717) is 21.6 Å². The van der Waals surface area contributed by atoms with Gasteiger partial charge in [0.15, 0.2) is 0 Å². The van der Waals surface area contributed by atoms with Crippen LogP contribution in [0.25, 0.3) is 0 Å². The number of anilines is 2. The number of carbonyl (C=O) groups excluding carboxylic acids is 1. The normalized spacial score (nSPS) is 12.2. The second-order valence-electron chi connectivity index (χ2n) is 4.07. The van der Waals surface area contributed by atoms with Gasteiger partial charge in [-0.05, 0) is 35.5 Å². The summed E-state index contributed by atoms with van der Waals surface area (Å²) in [5.41, 5.74) is 6.66. The van der Waals surface area contributed by atoms with Crippen LogP contribution in [-0.2, 0) is 11.8 Å². The molecular weight excluding hydrogens is 300 g/mol. The number of nitrogens with two attached hydrogens (primary N) is 1. The van der Waals surface area contributed by atoms with E-state index in [-0.39, 0.29) is 11.2 Å². The highest BCUT2D eigenvalue weighted by atomic mass is 35.5. The Morgan fingerprint density at radius 2 is 2.30 bits per heavy atom. The molecule has 1 unspecified atom stereocenters. The zero-order valence-electron chi connectivity index (χ0n) is 10.9. The number of amides is 1. The number of carbonyl (C=O) groups is 1. The van der Waals surface area contributed by atoms with Crippen LogP contribution in [0.5, 0.6) is 0 Å². The Morgan fingerprint density at radius 3 is 2.90 bits per heavy atom. The fourth-order valence-electron chi connectivity index (χ4n) is 1.40. The van der Waals surface area contributed by atoms with E-state index in [4.69, 9.17) is 17.3 Å². The van der Waals surface area contributed by atoms with E-state index >= 15 is 0 Å². The average Bonchev–Trinajstić information content (AvgIpc) is 2.78. The molecular formula is C11H13ClN6OS. The predicted octanol–water partition coefficient (Wildman–Crippen LogP) is 1.56. The molecule has 0 aliphatic carbocycles. The number of aryl methyl sites for hydroxylation is 1. The van der Waals surface area contributed by atoms with Crippen LogP contribution in [0.4, 0.5) is 11.4 Å². The largest absolute Gasteiger partial charge is 0.399 e. The van der Waals surface area contributed by atoms with E-state index in [1.54, 1.807) is 32.2 Å². The molecule has 1 amide bonds. The van der Waals surface area contributed by atoms with Gasteiger partial charge < -0.3 is 11.1 Å². The van der Waals surface area contributed by atoms with Crippen LogP contribution in [0.15, 0.2) is 23.4 Å². The maximum atomic E-state index is 12.1. The Morgan fingerprint density at radius 1 is 1.55 bits per heavy atom. The number of rotatable bonds is 4. The number of nitrogens with one attached hydrogen (secondary N) is 1. The van der Waals surface area contributed by atoms with Crippen LogP contribution in [0.1, 0.15) is 6.92 Å². The molecule has 0 spiro atoms. The molecule has 3 N–H and O–H groups in total. The molecule has 0 fully saturated rings. The molecule has 9 heteroatoms. The summed E-state index contributed by atoms with van der Waals surface area (Å²) < 4.78 is 1.50. The summed E-state index contributed by atoms with van der Waals surface area (Å²) in [5, 5.41) is 14.4. The third-order valence-corrected chi connectivity index (χ3v) is 3.92. The topological polar surface area (TPSA) is 98.7 Å². The van der Waals surface area contributed by atoms with E-state index in [9.17, 15) is 4.79 Å². The lowest BCUT2D eigenvalue weighted by Crippen LogP contribution is -2.23. The van der Waals surface area contributed by atoms with Gasteiger partial charge in [0.2, 0.25) is 11.1 Å². The first-order valence-corrected chi connectivity index (χ1v) is 6.98. The molecule has 0 saturated carbocycles. The molecule has 0 radical (unpaired) electrons. The number of nitrogen functional groups attached to an aromatic ring is 1. The summed E-state index contributed by atoms with van der Waals surface area (Å²) in [7, 11) is 1.71. The van der Waals surface area contributed by atoms with Gasteiger partial charge in [-0.2, -0.15) is 0 Å². The van der Waals surface area contributed by atoms with Crippen molar-refractivity contribution in [2.75, 3.05) is 11.1 Å². The zero-order chi connectivity index (χ0) is 14.7. The lowest BCUT2D eigenvalue weighted by atomic mass is 10.2. The smallest absolute Gasteiger partial charge is 0.237 e. The van der Waals surface area contributed by atoms with Crippen molar-refractivity contribution in [2.45, 2.75) is 17.3 Å². The maximum Gasteiger partial charge on any atom is 0.237 e. The summed E-state index contributed by atoms with van der Waals surface area (Å²) in [6.07, 6.45) is 0. The van der Waals surface area contributed by atoms with Gasteiger partial charge in [-0.25, -0.2) is 4.68 Å². The minimum Gasteiger partial charge on any atom is -0.399 e. The van der Waals surface area contributed by atoms with E-state index in [1.165, 1.54) is 16.4 Å². The van der Waals surface area contributed by atoms with Crippen molar-refractivity contribution in [3.8, 4) is 0 Å². The van der Waals surface area contributed by atoms with E-state index in [2.05, 4.69) is 20.8 Å². The minimum atomic E-state index is -0.367. The third-order valence-electron chi connectivity index (χ3n) is 2.48. The molecule has 106 valence electrons. The van der Waals surface area contributed by atoms with Gasteiger partial charge in [0.1, 0.15) is 0 Å². The van der Waals surface area contributed by atoms with Gasteiger partial charge in [0, 0.05) is 12.7 Å². The highest BCUT2D eigenvalue weighted by Gasteiger charge is 2.18. The van der Waals surface area contributed by atoms with Crippen molar-refractivity contribution in [2.24, 2.45) is 7.05 Å². The molecule has 0 aliphatic heterocycles. The second-order valence-corrected chi connectivity index (χ2v) is 5.79. The van der Waals surface area contributed by atoms with Crippen LogP contribution >= 0.6 is 23.4 Å². The molecule has 1 aromatic heterocycles. The van der Waals surface area contributed by atoms with Gasteiger partial charge in [-0.3, -0.25) is 4.79 Å². The Labute approximate surface area is 124 Å². The fourth-order valence-corrected chi connectivity index (χ4v) is 2.39. The summed E-state index contributed by atoms with van der Waals surface area (Å²) in [6, 6.07) is 4.92. The molecule has 0 aliphatic rings. The molecule has 20 heavy (non-hydrogen) atoms. The van der Waals surface area contributed by atoms with Gasteiger partial charge in [0.25, 0.3) is 0 Å². The first kappa shape index (κ1) is 14.6. The lowest BCUT2D eigenvalue weighted by Gasteiger charge is -2.12. The van der Waals surface area contributed by atoms with Crippen LogP contribution in [0, 0.1) is 0 Å². The molecule has 1 heterocycles. The number of hydrogen-bond acceptors (Lipinski definition) is 6. The third kappa shape index (κ3) is 3.40. The number of aromatic nitrogens is 4. The van der Waals surface area contributed by atoms with Crippen LogP contribution in [-0.4, -0.2) is 31.4 Å². The van der Waals surface area contributed by atoms with Gasteiger partial charge in [-0.1, -0.05) is 23.4 Å². The molecule has 0 saturated heterocycles. The summed E-state index contributed by atoms with van der Waals surface area (Å²) in [5.74, 6) is -0.190. The van der Waals surface area contributed by atoms with E-state index in [1.807, 2.05) is 0 Å². The van der Waals surface area contributed by atoms with Crippen LogP contribution < -0.4 is 11.1 Å². The second kappa shape index (κ2) is 6.10. The number of nitrogens with zero attached hydrogens (tertiary/aromatic N) is 4. The number of hydrogen-bond donors (Lipinski definition) is 2. The van der Waals surface area contributed by atoms with Gasteiger partial charge >= 0.3 is 0 Å². The van der Waals surface area contributed by atoms with Crippen molar-refractivity contribution in [1.82, 2.24) is 20.2 Å². The van der Waals surface area contributed by atoms with Crippen LogP contribution in [0.2, 0.25) is 5.02 Å². The van der Waals surface area contributed by atoms with Crippen molar-refractivity contribution >= 4 is 40.6 Å². The monoisotopic (exact) mass is 312 g/mol. The maximum absolute atomic E-state index is 12.1. The Bertz CT molecular complexity index is 631.